The van der Waals surface area contributed by atoms with E-state index in [2.05, 4.69) is 36.5 Å². The van der Waals surface area contributed by atoms with Crippen LogP contribution in [0.1, 0.15) is 28.6 Å². The van der Waals surface area contributed by atoms with Crippen LogP contribution < -0.4 is 5.32 Å². The Balaban J connectivity index is 1.85. The average Bonchev–Trinajstić information content (AvgIpc) is 2.96. The van der Waals surface area contributed by atoms with E-state index in [9.17, 15) is 4.79 Å². The lowest BCUT2D eigenvalue weighted by Crippen LogP contribution is -1.98. The van der Waals surface area contributed by atoms with Crippen LogP contribution in [0, 0.1) is 0 Å². The second-order valence-electron chi connectivity index (χ2n) is 4.55. The topological polar surface area (TPSA) is 38.3 Å². The number of hydrogen-bond acceptors (Lipinski definition) is 5. The number of rotatable bonds is 7. The summed E-state index contributed by atoms with van der Waals surface area (Å²) in [5, 5.41) is 5.37. The molecule has 0 fully saturated rings. The molecule has 5 heteroatoms. The maximum atomic E-state index is 11.4. The van der Waals surface area contributed by atoms with Crippen LogP contribution in [0.2, 0.25) is 0 Å². The lowest BCUT2D eigenvalue weighted by molar-refractivity contribution is 0.0606. The summed E-state index contributed by atoms with van der Waals surface area (Å²) in [4.78, 5) is 13.1. The van der Waals surface area contributed by atoms with Gasteiger partial charge in [-0.15, -0.1) is 23.1 Å². The molecule has 2 aromatic rings. The van der Waals surface area contributed by atoms with Crippen LogP contribution in [0.25, 0.3) is 0 Å². The van der Waals surface area contributed by atoms with Crippen molar-refractivity contribution in [1.82, 2.24) is 0 Å². The average molecular weight is 321 g/mol. The molecule has 2 rings (SSSR count). The van der Waals surface area contributed by atoms with Gasteiger partial charge in [0.1, 0.15) is 4.88 Å². The first-order chi connectivity index (χ1) is 10.2. The lowest BCUT2D eigenvalue weighted by Gasteiger charge is -2.07. The summed E-state index contributed by atoms with van der Waals surface area (Å²) in [6.45, 7) is 2.19. The number of thiophene rings is 1. The fraction of sp³-hybridized carbons (Fsp3) is 0.312. The molecule has 0 saturated heterocycles. The summed E-state index contributed by atoms with van der Waals surface area (Å²) in [6, 6.07) is 10.4. The highest BCUT2D eigenvalue weighted by molar-refractivity contribution is 7.99. The Morgan fingerprint density at radius 2 is 2.24 bits per heavy atom. The summed E-state index contributed by atoms with van der Waals surface area (Å²) in [6.07, 6.45) is 2.26. The first kappa shape index (κ1) is 15.9. The van der Waals surface area contributed by atoms with Crippen molar-refractivity contribution in [2.45, 2.75) is 24.7 Å². The van der Waals surface area contributed by atoms with Gasteiger partial charge in [0.15, 0.2) is 0 Å². The summed E-state index contributed by atoms with van der Waals surface area (Å²) in [7, 11) is 1.40. The third-order valence-corrected chi connectivity index (χ3v) is 4.86. The minimum atomic E-state index is -0.271. The van der Waals surface area contributed by atoms with E-state index < -0.39 is 0 Å². The quantitative estimate of drug-likeness (QED) is 0.458. The standard InChI is InChI=1S/C16H19NO2S2/c1-3-5-12-6-4-7-13(8-12)17-11-21-14-9-15(20-10-14)16(18)19-2/h4,6-10,17H,3,5,11H2,1-2H3. The van der Waals surface area contributed by atoms with Crippen molar-refractivity contribution in [3.63, 3.8) is 0 Å². The van der Waals surface area contributed by atoms with Crippen molar-refractivity contribution in [2.24, 2.45) is 0 Å². The molecule has 112 valence electrons. The number of nitrogens with one attached hydrogen (secondary N) is 1. The molecule has 3 nitrogen and oxygen atoms in total. The molecule has 0 aliphatic rings. The highest BCUT2D eigenvalue weighted by Crippen LogP contribution is 2.25. The number of ether oxygens (including phenoxy) is 1. The first-order valence-corrected chi connectivity index (χ1v) is 8.72. The number of esters is 1. The Morgan fingerprint density at radius 3 is 3.00 bits per heavy atom. The molecule has 0 unspecified atom stereocenters. The molecule has 0 saturated carbocycles. The summed E-state index contributed by atoms with van der Waals surface area (Å²) in [5.41, 5.74) is 2.49. The molecule has 1 N–H and O–H groups in total. The molecule has 0 aliphatic carbocycles. The SMILES string of the molecule is CCCc1cccc(NCSc2csc(C(=O)OC)c2)c1. The zero-order valence-electron chi connectivity index (χ0n) is 12.2. The van der Waals surface area contributed by atoms with Gasteiger partial charge in [0.25, 0.3) is 0 Å². The number of thioether (sulfide) groups is 1. The van der Waals surface area contributed by atoms with E-state index in [0.717, 1.165) is 29.3 Å². The molecule has 0 aliphatic heterocycles. The van der Waals surface area contributed by atoms with Gasteiger partial charge in [-0.2, -0.15) is 0 Å². The van der Waals surface area contributed by atoms with Gasteiger partial charge in [-0.25, -0.2) is 4.79 Å². The van der Waals surface area contributed by atoms with Crippen LogP contribution in [0.15, 0.2) is 40.6 Å². The largest absolute Gasteiger partial charge is 0.465 e. The van der Waals surface area contributed by atoms with Crippen LogP contribution in [-0.2, 0) is 11.2 Å². The molecule has 1 aromatic carbocycles. The van der Waals surface area contributed by atoms with E-state index in [1.165, 1.54) is 24.0 Å². The van der Waals surface area contributed by atoms with Crippen molar-refractivity contribution in [2.75, 3.05) is 18.3 Å². The van der Waals surface area contributed by atoms with Crippen LogP contribution in [0.5, 0.6) is 0 Å². The number of benzene rings is 1. The Bertz CT molecular complexity index is 595. The Morgan fingerprint density at radius 1 is 1.38 bits per heavy atom. The highest BCUT2D eigenvalue weighted by atomic mass is 32.2. The number of hydrogen-bond donors (Lipinski definition) is 1. The number of carbonyl (C=O) groups excluding carboxylic acids is 1. The number of methoxy groups -OCH3 is 1. The first-order valence-electron chi connectivity index (χ1n) is 6.85. The molecule has 0 atom stereocenters. The van der Waals surface area contributed by atoms with Crippen molar-refractivity contribution in [3.8, 4) is 0 Å². The minimum absolute atomic E-state index is 0.271. The molecule has 0 spiro atoms. The van der Waals surface area contributed by atoms with E-state index >= 15 is 0 Å². The van der Waals surface area contributed by atoms with E-state index in [1.807, 2.05) is 11.4 Å². The predicted octanol–water partition coefficient (Wildman–Crippen LogP) is 4.65. The van der Waals surface area contributed by atoms with Crippen LogP contribution in [-0.4, -0.2) is 19.0 Å². The maximum absolute atomic E-state index is 11.4. The number of anilines is 1. The maximum Gasteiger partial charge on any atom is 0.348 e. The van der Waals surface area contributed by atoms with Crippen molar-refractivity contribution >= 4 is 34.8 Å². The van der Waals surface area contributed by atoms with Crippen LogP contribution >= 0.6 is 23.1 Å². The zero-order valence-corrected chi connectivity index (χ0v) is 13.9. The third kappa shape index (κ3) is 4.79. The third-order valence-electron chi connectivity index (χ3n) is 2.94. The molecular weight excluding hydrogens is 302 g/mol. The van der Waals surface area contributed by atoms with Crippen LogP contribution in [0.4, 0.5) is 5.69 Å². The second-order valence-corrected chi connectivity index (χ2v) is 6.51. The molecule has 1 heterocycles. The highest BCUT2D eigenvalue weighted by Gasteiger charge is 2.08. The van der Waals surface area contributed by atoms with Crippen LogP contribution in [0.3, 0.4) is 0 Å². The predicted molar refractivity (Wildman–Crippen MR) is 90.4 cm³/mol. The second kappa shape index (κ2) is 8.10. The van der Waals surface area contributed by atoms with Gasteiger partial charge in [0, 0.05) is 16.0 Å². The van der Waals surface area contributed by atoms with Gasteiger partial charge >= 0.3 is 5.97 Å². The van der Waals surface area contributed by atoms with Gasteiger partial charge in [-0.1, -0.05) is 25.5 Å². The normalized spacial score (nSPS) is 10.4. The molecule has 1 aromatic heterocycles. The van der Waals surface area contributed by atoms with Gasteiger partial charge in [0.2, 0.25) is 0 Å². The van der Waals surface area contributed by atoms with Gasteiger partial charge in [-0.05, 0) is 30.2 Å². The molecule has 0 radical (unpaired) electrons. The summed E-state index contributed by atoms with van der Waals surface area (Å²) in [5.74, 6) is 0.500. The molecule has 0 amide bonds. The summed E-state index contributed by atoms with van der Waals surface area (Å²) < 4.78 is 4.71. The van der Waals surface area contributed by atoms with Crippen molar-refractivity contribution in [1.29, 1.82) is 0 Å². The summed E-state index contributed by atoms with van der Waals surface area (Å²) >= 11 is 3.09. The smallest absolute Gasteiger partial charge is 0.348 e. The van der Waals surface area contributed by atoms with Crippen molar-refractivity contribution in [3.05, 3.63) is 46.2 Å². The Hall–Kier alpha value is -1.46. The number of carbonyl (C=O) groups is 1. The monoisotopic (exact) mass is 321 g/mol. The lowest BCUT2D eigenvalue weighted by atomic mass is 10.1. The fourth-order valence-corrected chi connectivity index (χ4v) is 3.71. The van der Waals surface area contributed by atoms with Gasteiger partial charge in [-0.3, -0.25) is 0 Å². The van der Waals surface area contributed by atoms with Gasteiger partial charge in [0.05, 0.1) is 13.0 Å². The zero-order chi connectivity index (χ0) is 15.1. The minimum Gasteiger partial charge on any atom is -0.465 e. The van der Waals surface area contributed by atoms with E-state index in [1.54, 1.807) is 11.8 Å². The Kier molecular flexibility index (Phi) is 6.14. The van der Waals surface area contributed by atoms with E-state index in [4.69, 9.17) is 4.74 Å². The van der Waals surface area contributed by atoms with Gasteiger partial charge < -0.3 is 10.1 Å². The van der Waals surface area contributed by atoms with E-state index in [0.29, 0.717) is 4.88 Å². The van der Waals surface area contributed by atoms with E-state index in [-0.39, 0.29) is 5.97 Å². The van der Waals surface area contributed by atoms with Crippen molar-refractivity contribution < 1.29 is 9.53 Å². The molecule has 21 heavy (non-hydrogen) atoms. The Labute approximate surface area is 133 Å². The molecular formula is C16H19NO2S2. The molecule has 0 bridgehead atoms. The fourth-order valence-electron chi connectivity index (χ4n) is 1.93. The number of aryl methyl sites for hydroxylation is 1.